The molecule has 27 heavy (non-hydrogen) atoms. The number of carbonyl (C=O) groups excluding carboxylic acids is 1. The second kappa shape index (κ2) is 7.52. The van der Waals surface area contributed by atoms with Crippen LogP contribution in [0.4, 0.5) is 0 Å². The van der Waals surface area contributed by atoms with Gasteiger partial charge in [-0.3, -0.25) is 29.5 Å². The van der Waals surface area contributed by atoms with Gasteiger partial charge >= 0.3 is 0 Å². The van der Waals surface area contributed by atoms with E-state index in [1.807, 2.05) is 0 Å². The zero-order chi connectivity index (χ0) is 18.8. The molecule has 1 saturated heterocycles. The Labute approximate surface area is 157 Å². The van der Waals surface area contributed by atoms with Crippen LogP contribution in [0.1, 0.15) is 23.1 Å². The summed E-state index contributed by atoms with van der Waals surface area (Å²) in [5.41, 5.74) is 2.31. The maximum atomic E-state index is 12.5. The van der Waals surface area contributed by atoms with Crippen LogP contribution in [-0.2, 0) is 24.1 Å². The molecule has 2 aliphatic rings. The number of nitrogens with one attached hydrogen (secondary N) is 2. The highest BCUT2D eigenvalue weighted by molar-refractivity contribution is 5.78. The quantitative estimate of drug-likeness (QED) is 0.816. The molecule has 1 aliphatic heterocycles. The van der Waals surface area contributed by atoms with Gasteiger partial charge in [-0.05, 0) is 30.4 Å². The summed E-state index contributed by atoms with van der Waals surface area (Å²) in [6, 6.07) is 10.4. The van der Waals surface area contributed by atoms with Crippen LogP contribution < -0.4 is 11.1 Å². The van der Waals surface area contributed by atoms with Gasteiger partial charge in [-0.15, -0.1) is 0 Å². The average Bonchev–Trinajstić information content (AvgIpc) is 2.70. The van der Waals surface area contributed by atoms with Gasteiger partial charge in [-0.2, -0.15) is 0 Å². The number of piperazine rings is 1. The number of nitrogens with zero attached hydrogens (tertiary/aromatic N) is 2. The molecular formula is C20H24N4O3. The number of benzene rings is 1. The Morgan fingerprint density at radius 1 is 1.04 bits per heavy atom. The summed E-state index contributed by atoms with van der Waals surface area (Å²) >= 11 is 0. The molecule has 1 aromatic carbocycles. The van der Waals surface area contributed by atoms with Crippen LogP contribution in [-0.4, -0.2) is 58.1 Å². The van der Waals surface area contributed by atoms with Gasteiger partial charge in [-0.25, -0.2) is 0 Å². The number of rotatable bonds is 3. The van der Waals surface area contributed by atoms with E-state index in [-0.39, 0.29) is 17.9 Å². The lowest BCUT2D eigenvalue weighted by Crippen LogP contribution is -2.53. The number of H-pyrrole nitrogens is 2. The lowest BCUT2D eigenvalue weighted by molar-refractivity contribution is -0.132. The molecule has 0 radical (unpaired) electrons. The topological polar surface area (TPSA) is 89.3 Å². The van der Waals surface area contributed by atoms with Crippen LogP contribution in [0.25, 0.3) is 0 Å². The van der Waals surface area contributed by atoms with Crippen LogP contribution in [0.15, 0.2) is 39.9 Å². The van der Waals surface area contributed by atoms with Crippen molar-refractivity contribution in [3.8, 4) is 0 Å². The van der Waals surface area contributed by atoms with Gasteiger partial charge in [0.1, 0.15) is 0 Å². The number of aromatic amines is 2. The van der Waals surface area contributed by atoms with E-state index in [2.05, 4.69) is 39.4 Å². The first-order chi connectivity index (χ1) is 13.1. The third-order valence-electron chi connectivity index (χ3n) is 5.74. The molecule has 2 heterocycles. The Morgan fingerprint density at radius 3 is 2.56 bits per heavy atom. The van der Waals surface area contributed by atoms with E-state index in [0.29, 0.717) is 19.1 Å². The Bertz CT molecular complexity index is 940. The molecule has 0 spiro atoms. The zero-order valence-corrected chi connectivity index (χ0v) is 15.2. The third kappa shape index (κ3) is 3.88. The van der Waals surface area contributed by atoms with Crippen LogP contribution >= 0.6 is 0 Å². The second-order valence-electron chi connectivity index (χ2n) is 7.37. The monoisotopic (exact) mass is 368 g/mol. The molecule has 1 amide bonds. The molecular weight excluding hydrogens is 344 g/mol. The van der Waals surface area contributed by atoms with E-state index in [4.69, 9.17) is 0 Å². The molecule has 1 aliphatic carbocycles. The summed E-state index contributed by atoms with van der Waals surface area (Å²) in [4.78, 5) is 39.9. The fourth-order valence-corrected chi connectivity index (χ4v) is 4.19. The predicted molar refractivity (Wildman–Crippen MR) is 102 cm³/mol. The summed E-state index contributed by atoms with van der Waals surface area (Å²) in [5, 5.41) is 4.48. The van der Waals surface area contributed by atoms with Gasteiger partial charge < -0.3 is 4.90 Å². The number of aryl methyl sites for hydroxylation is 1. The number of aromatic nitrogens is 2. The van der Waals surface area contributed by atoms with Gasteiger partial charge in [0.25, 0.3) is 11.1 Å². The molecule has 7 nitrogen and oxygen atoms in total. The molecule has 4 rings (SSSR count). The zero-order valence-electron chi connectivity index (χ0n) is 15.2. The number of fused-ring (bicyclic) bond motifs is 1. The first kappa shape index (κ1) is 17.7. The van der Waals surface area contributed by atoms with Gasteiger partial charge in [0.05, 0.1) is 6.42 Å². The van der Waals surface area contributed by atoms with Crippen LogP contribution in [0, 0.1) is 0 Å². The number of hydrogen-bond donors (Lipinski definition) is 2. The largest absolute Gasteiger partial charge is 0.340 e. The molecule has 0 saturated carbocycles. The normalized spacial score (nSPS) is 20.3. The van der Waals surface area contributed by atoms with Crippen molar-refractivity contribution in [1.29, 1.82) is 0 Å². The highest BCUT2D eigenvalue weighted by atomic mass is 16.2. The minimum Gasteiger partial charge on any atom is -0.340 e. The van der Waals surface area contributed by atoms with Gasteiger partial charge in [0, 0.05) is 43.9 Å². The van der Waals surface area contributed by atoms with Crippen molar-refractivity contribution in [2.45, 2.75) is 31.7 Å². The minimum atomic E-state index is -0.414. The van der Waals surface area contributed by atoms with E-state index in [9.17, 15) is 14.4 Å². The van der Waals surface area contributed by atoms with Crippen molar-refractivity contribution in [3.63, 3.8) is 0 Å². The van der Waals surface area contributed by atoms with Crippen molar-refractivity contribution in [2.24, 2.45) is 0 Å². The highest BCUT2D eigenvalue weighted by Gasteiger charge is 2.28. The summed E-state index contributed by atoms with van der Waals surface area (Å²) in [6.45, 7) is 3.03. The van der Waals surface area contributed by atoms with E-state index in [0.717, 1.165) is 32.4 Å². The Hall–Kier alpha value is -2.67. The Kier molecular flexibility index (Phi) is 4.94. The molecule has 0 unspecified atom stereocenters. The third-order valence-corrected chi connectivity index (χ3v) is 5.74. The molecule has 1 atom stereocenters. The Morgan fingerprint density at radius 2 is 1.78 bits per heavy atom. The number of carbonyl (C=O) groups is 1. The van der Waals surface area contributed by atoms with Crippen molar-refractivity contribution >= 4 is 5.91 Å². The molecule has 142 valence electrons. The van der Waals surface area contributed by atoms with Crippen molar-refractivity contribution < 1.29 is 4.79 Å². The van der Waals surface area contributed by atoms with Crippen LogP contribution in [0.5, 0.6) is 0 Å². The molecule has 0 bridgehead atoms. The van der Waals surface area contributed by atoms with E-state index in [1.54, 1.807) is 4.90 Å². The van der Waals surface area contributed by atoms with Gasteiger partial charge in [0.2, 0.25) is 5.91 Å². The van der Waals surface area contributed by atoms with Gasteiger partial charge in [0.15, 0.2) is 0 Å². The summed E-state index contributed by atoms with van der Waals surface area (Å²) in [7, 11) is 0. The maximum absolute atomic E-state index is 12.5. The first-order valence-electron chi connectivity index (χ1n) is 9.49. The number of hydrogen-bond acceptors (Lipinski definition) is 4. The SMILES string of the molecule is O=C(Cc1cc(=O)[nH][nH]c1=O)N1CCN([C@@H]2CCc3ccccc3C2)CC1. The standard InChI is InChI=1S/C20H24N4O3/c25-18-12-16(20(27)22-21-18)13-19(26)24-9-7-23(8-10-24)17-6-5-14-3-1-2-4-15(14)11-17/h1-4,12,17H,5-11,13H2,(H,21,25)(H,22,27)/t17-/m1/s1. The fraction of sp³-hybridized carbons (Fsp3) is 0.450. The number of amides is 1. The first-order valence-corrected chi connectivity index (χ1v) is 9.49. The maximum Gasteiger partial charge on any atom is 0.266 e. The highest BCUT2D eigenvalue weighted by Crippen LogP contribution is 2.25. The minimum absolute atomic E-state index is 0.0317. The van der Waals surface area contributed by atoms with Crippen molar-refractivity contribution in [2.75, 3.05) is 26.2 Å². The Balaban J connectivity index is 1.34. The average molecular weight is 368 g/mol. The molecule has 2 aromatic rings. The summed E-state index contributed by atoms with van der Waals surface area (Å²) < 4.78 is 0. The van der Waals surface area contributed by atoms with E-state index >= 15 is 0 Å². The lowest BCUT2D eigenvalue weighted by Gasteiger charge is -2.41. The van der Waals surface area contributed by atoms with Crippen molar-refractivity contribution in [1.82, 2.24) is 20.0 Å². The summed E-state index contributed by atoms with van der Waals surface area (Å²) in [5.74, 6) is -0.0975. The van der Waals surface area contributed by atoms with Crippen LogP contribution in [0.3, 0.4) is 0 Å². The van der Waals surface area contributed by atoms with Crippen LogP contribution in [0.2, 0.25) is 0 Å². The fourth-order valence-electron chi connectivity index (χ4n) is 4.19. The molecule has 2 N–H and O–H groups in total. The predicted octanol–water partition coefficient (Wildman–Crippen LogP) is 0.307. The molecule has 1 aromatic heterocycles. The molecule has 1 fully saturated rings. The smallest absolute Gasteiger partial charge is 0.266 e. The van der Waals surface area contributed by atoms with Gasteiger partial charge in [-0.1, -0.05) is 24.3 Å². The summed E-state index contributed by atoms with van der Waals surface area (Å²) in [6.07, 6.45) is 3.32. The lowest BCUT2D eigenvalue weighted by atomic mass is 9.87. The van der Waals surface area contributed by atoms with E-state index < -0.39 is 11.1 Å². The van der Waals surface area contributed by atoms with E-state index in [1.165, 1.54) is 17.2 Å². The molecule has 7 heteroatoms. The van der Waals surface area contributed by atoms with Crippen molar-refractivity contribution in [3.05, 3.63) is 67.7 Å². The second-order valence-corrected chi connectivity index (χ2v) is 7.37.